The molecule has 2 aliphatic rings. The average Bonchev–Trinajstić information content (AvgIpc) is 2.92. The van der Waals surface area contributed by atoms with Crippen LogP contribution in [0.15, 0.2) is 48.3 Å². The Morgan fingerprint density at radius 3 is 2.58 bits per heavy atom. The van der Waals surface area contributed by atoms with Crippen molar-refractivity contribution in [3.8, 4) is 0 Å². The van der Waals surface area contributed by atoms with Crippen molar-refractivity contribution < 1.29 is 23.8 Å². The Hall–Kier alpha value is -2.56. The summed E-state index contributed by atoms with van der Waals surface area (Å²) < 4.78 is 16.0. The SMILES string of the molecule is C=C[C@@H]1C[C@@]2(C(=O)OC)Cc3ccccc3CC(C(=O)OC)=C2O1. The smallest absolute Gasteiger partial charge is 0.337 e. The first-order valence-corrected chi connectivity index (χ1v) is 7.82. The van der Waals surface area contributed by atoms with Gasteiger partial charge < -0.3 is 14.2 Å². The van der Waals surface area contributed by atoms with E-state index in [2.05, 4.69) is 6.58 Å². The maximum atomic E-state index is 12.7. The Kier molecular flexibility index (Phi) is 4.18. The summed E-state index contributed by atoms with van der Waals surface area (Å²) in [6.07, 6.45) is 2.49. The van der Waals surface area contributed by atoms with Gasteiger partial charge in [0, 0.05) is 12.8 Å². The minimum absolute atomic E-state index is 0.344. The summed E-state index contributed by atoms with van der Waals surface area (Å²) in [4.78, 5) is 25.1. The number of hydrogen-bond donors (Lipinski definition) is 0. The van der Waals surface area contributed by atoms with Crippen molar-refractivity contribution in [2.75, 3.05) is 14.2 Å². The molecule has 126 valence electrons. The lowest BCUT2D eigenvalue weighted by atomic mass is 9.77. The van der Waals surface area contributed by atoms with E-state index in [0.717, 1.165) is 11.1 Å². The molecule has 0 spiro atoms. The molecule has 24 heavy (non-hydrogen) atoms. The molecule has 1 aliphatic carbocycles. The Morgan fingerprint density at radius 2 is 1.96 bits per heavy atom. The summed E-state index contributed by atoms with van der Waals surface area (Å²) in [5, 5.41) is 0. The van der Waals surface area contributed by atoms with Gasteiger partial charge in [-0.1, -0.05) is 36.9 Å². The third kappa shape index (κ3) is 2.40. The molecule has 0 amide bonds. The molecule has 1 aromatic carbocycles. The van der Waals surface area contributed by atoms with Crippen LogP contribution >= 0.6 is 0 Å². The lowest BCUT2D eigenvalue weighted by molar-refractivity contribution is -0.150. The van der Waals surface area contributed by atoms with Gasteiger partial charge in [0.2, 0.25) is 0 Å². The molecule has 0 radical (unpaired) electrons. The number of benzene rings is 1. The van der Waals surface area contributed by atoms with Crippen molar-refractivity contribution in [2.45, 2.75) is 25.4 Å². The Bertz CT molecular complexity index is 733. The molecule has 3 rings (SSSR count). The van der Waals surface area contributed by atoms with Crippen molar-refractivity contribution >= 4 is 11.9 Å². The highest BCUT2D eigenvalue weighted by Crippen LogP contribution is 2.49. The van der Waals surface area contributed by atoms with Crippen LogP contribution in [0.2, 0.25) is 0 Å². The summed E-state index contributed by atoms with van der Waals surface area (Å²) in [5.74, 6) is -0.526. The van der Waals surface area contributed by atoms with Gasteiger partial charge in [0.1, 0.15) is 17.3 Å². The standard InChI is InChI=1S/C19H20O5/c1-4-14-11-19(18(21)23-3)10-13-8-6-5-7-12(13)9-15(16(19)24-14)17(20)22-2/h4-8,14H,1,9-11H2,2-3H3/t14-,19+/m1/s1. The zero-order valence-corrected chi connectivity index (χ0v) is 13.8. The average molecular weight is 328 g/mol. The number of fused-ring (bicyclic) bond motifs is 2. The van der Waals surface area contributed by atoms with E-state index in [9.17, 15) is 9.59 Å². The lowest BCUT2D eigenvalue weighted by Gasteiger charge is -2.25. The Balaban J connectivity index is 2.25. The van der Waals surface area contributed by atoms with E-state index < -0.39 is 17.4 Å². The fraction of sp³-hybridized carbons (Fsp3) is 0.368. The zero-order chi connectivity index (χ0) is 17.3. The van der Waals surface area contributed by atoms with E-state index in [1.807, 2.05) is 24.3 Å². The van der Waals surface area contributed by atoms with Crippen LogP contribution < -0.4 is 0 Å². The summed E-state index contributed by atoms with van der Waals surface area (Å²) in [6, 6.07) is 7.76. The van der Waals surface area contributed by atoms with Gasteiger partial charge in [0.15, 0.2) is 0 Å². The van der Waals surface area contributed by atoms with Crippen LogP contribution in [0.4, 0.5) is 0 Å². The molecule has 2 atom stereocenters. The number of methoxy groups -OCH3 is 2. The van der Waals surface area contributed by atoms with E-state index in [4.69, 9.17) is 14.2 Å². The number of hydrogen-bond acceptors (Lipinski definition) is 5. The van der Waals surface area contributed by atoms with Gasteiger partial charge >= 0.3 is 11.9 Å². The van der Waals surface area contributed by atoms with E-state index in [1.54, 1.807) is 6.08 Å². The minimum Gasteiger partial charge on any atom is -0.489 e. The Labute approximate surface area is 140 Å². The largest absolute Gasteiger partial charge is 0.489 e. The van der Waals surface area contributed by atoms with Crippen LogP contribution in [0.3, 0.4) is 0 Å². The van der Waals surface area contributed by atoms with Crippen LogP contribution in [0, 0.1) is 5.41 Å². The number of carbonyl (C=O) groups excluding carboxylic acids is 2. The van der Waals surface area contributed by atoms with E-state index in [-0.39, 0.29) is 6.10 Å². The summed E-state index contributed by atoms with van der Waals surface area (Å²) >= 11 is 0. The molecule has 1 fully saturated rings. The van der Waals surface area contributed by atoms with Gasteiger partial charge in [-0.2, -0.15) is 0 Å². The third-order valence-corrected chi connectivity index (χ3v) is 4.78. The molecule has 1 aromatic rings. The number of esters is 2. The Morgan fingerprint density at radius 1 is 1.25 bits per heavy atom. The molecule has 0 saturated carbocycles. The van der Waals surface area contributed by atoms with Gasteiger partial charge in [0.25, 0.3) is 0 Å². The quantitative estimate of drug-likeness (QED) is 0.629. The number of ether oxygens (including phenoxy) is 3. The second kappa shape index (κ2) is 6.15. The molecule has 5 nitrogen and oxygen atoms in total. The van der Waals surface area contributed by atoms with Crippen LogP contribution in [-0.2, 0) is 36.6 Å². The summed E-state index contributed by atoms with van der Waals surface area (Å²) in [7, 11) is 2.68. The fourth-order valence-electron chi connectivity index (χ4n) is 3.62. The first kappa shape index (κ1) is 16.3. The molecule has 1 heterocycles. The lowest BCUT2D eigenvalue weighted by Crippen LogP contribution is -2.35. The van der Waals surface area contributed by atoms with Crippen molar-refractivity contribution in [3.05, 3.63) is 59.4 Å². The maximum Gasteiger partial charge on any atom is 0.337 e. The van der Waals surface area contributed by atoms with Crippen molar-refractivity contribution in [2.24, 2.45) is 5.41 Å². The first-order valence-electron chi connectivity index (χ1n) is 7.82. The topological polar surface area (TPSA) is 61.8 Å². The van der Waals surface area contributed by atoms with Gasteiger partial charge in [-0.15, -0.1) is 0 Å². The molecule has 0 unspecified atom stereocenters. The predicted octanol–water partition coefficient (Wildman–Crippen LogP) is 2.35. The molecule has 1 saturated heterocycles. The highest BCUT2D eigenvalue weighted by molar-refractivity contribution is 5.93. The highest BCUT2D eigenvalue weighted by atomic mass is 16.5. The summed E-state index contributed by atoms with van der Waals surface area (Å²) in [6.45, 7) is 3.76. The molecule has 0 N–H and O–H groups in total. The molecule has 0 bridgehead atoms. The van der Waals surface area contributed by atoms with E-state index in [1.165, 1.54) is 14.2 Å². The molecular weight excluding hydrogens is 308 g/mol. The van der Waals surface area contributed by atoms with E-state index >= 15 is 0 Å². The van der Waals surface area contributed by atoms with Crippen LogP contribution in [0.25, 0.3) is 0 Å². The van der Waals surface area contributed by atoms with Crippen molar-refractivity contribution in [1.29, 1.82) is 0 Å². The second-order valence-corrected chi connectivity index (χ2v) is 6.09. The highest BCUT2D eigenvalue weighted by Gasteiger charge is 2.55. The van der Waals surface area contributed by atoms with E-state index in [0.29, 0.717) is 30.6 Å². The molecule has 0 aromatic heterocycles. The minimum atomic E-state index is -1.02. The first-order chi connectivity index (χ1) is 11.6. The normalized spacial score (nSPS) is 25.0. The summed E-state index contributed by atoms with van der Waals surface area (Å²) in [5.41, 5.74) is 1.34. The van der Waals surface area contributed by atoms with Gasteiger partial charge in [-0.3, -0.25) is 4.79 Å². The van der Waals surface area contributed by atoms with Crippen LogP contribution in [-0.4, -0.2) is 32.3 Å². The molecule has 5 heteroatoms. The molecular formula is C19H20O5. The van der Waals surface area contributed by atoms with Crippen LogP contribution in [0.5, 0.6) is 0 Å². The van der Waals surface area contributed by atoms with Crippen molar-refractivity contribution in [1.82, 2.24) is 0 Å². The van der Waals surface area contributed by atoms with Gasteiger partial charge in [-0.05, 0) is 17.5 Å². The second-order valence-electron chi connectivity index (χ2n) is 6.09. The van der Waals surface area contributed by atoms with Gasteiger partial charge in [0.05, 0.1) is 19.8 Å². The van der Waals surface area contributed by atoms with Crippen LogP contribution in [0.1, 0.15) is 17.5 Å². The third-order valence-electron chi connectivity index (χ3n) is 4.78. The molecule has 1 aliphatic heterocycles. The van der Waals surface area contributed by atoms with Gasteiger partial charge in [-0.25, -0.2) is 4.79 Å². The maximum absolute atomic E-state index is 12.7. The number of rotatable bonds is 3. The number of carbonyl (C=O) groups is 2. The monoisotopic (exact) mass is 328 g/mol. The predicted molar refractivity (Wildman–Crippen MR) is 87.0 cm³/mol. The fourth-order valence-corrected chi connectivity index (χ4v) is 3.62. The zero-order valence-electron chi connectivity index (χ0n) is 13.8. The van der Waals surface area contributed by atoms with Crippen molar-refractivity contribution in [3.63, 3.8) is 0 Å².